The van der Waals surface area contributed by atoms with Gasteiger partial charge in [0.05, 0.1) is 184 Å². The molecule has 442 valence electrons. The predicted molar refractivity (Wildman–Crippen MR) is 285 cm³/mol. The molecule has 0 aromatic heterocycles. The van der Waals surface area contributed by atoms with Crippen LogP contribution in [0.25, 0.3) is 0 Å². The summed E-state index contributed by atoms with van der Waals surface area (Å²) in [6.07, 6.45) is 0.166. The fourth-order valence-corrected chi connectivity index (χ4v) is 6.94. The number of hydrogen-bond donors (Lipinski definition) is 4. The smallest absolute Gasteiger partial charge is 0.305 e. The highest BCUT2D eigenvalue weighted by molar-refractivity contribution is 5.97. The number of nitrogens with one attached hydrogen (secondary N) is 2. The maximum Gasteiger partial charge on any atom is 0.305 e. The molecule has 0 unspecified atom stereocenters. The molecule has 3 rings (SSSR count). The fourth-order valence-electron chi connectivity index (χ4n) is 6.94. The van der Waals surface area contributed by atoms with Crippen LogP contribution in [0.2, 0.25) is 0 Å². The van der Waals surface area contributed by atoms with Gasteiger partial charge in [0.15, 0.2) is 0 Å². The molecule has 0 saturated heterocycles. The van der Waals surface area contributed by atoms with Gasteiger partial charge in [-0.05, 0) is 23.8 Å². The van der Waals surface area contributed by atoms with Crippen molar-refractivity contribution in [2.24, 2.45) is 0 Å². The summed E-state index contributed by atoms with van der Waals surface area (Å²) < 4.78 is 65.5. The Bertz CT molecular complexity index is 2000. The van der Waals surface area contributed by atoms with Gasteiger partial charge in [-0.1, -0.05) is 42.2 Å². The molecule has 2 aromatic rings. The van der Waals surface area contributed by atoms with Gasteiger partial charge in [0.25, 0.3) is 0 Å². The molecule has 0 spiro atoms. The Kier molecular flexibility index (Phi) is 39.5. The number of hydrogen-bond acceptors (Lipinski definition) is 18. The Morgan fingerprint density at radius 3 is 1.22 bits per heavy atom. The summed E-state index contributed by atoms with van der Waals surface area (Å²) in [4.78, 5) is 76.3. The first-order valence-electron chi connectivity index (χ1n) is 26.8. The van der Waals surface area contributed by atoms with Gasteiger partial charge in [-0.2, -0.15) is 0 Å². The minimum atomic E-state index is -0.907. The highest BCUT2D eigenvalue weighted by Gasteiger charge is 2.23. The number of benzene rings is 2. The molecule has 4 amide bonds. The predicted octanol–water partition coefficient (Wildman–Crippen LogP) is 1.70. The van der Waals surface area contributed by atoms with E-state index in [1.165, 1.54) is 0 Å². The zero-order valence-corrected chi connectivity index (χ0v) is 45.5. The Morgan fingerprint density at radius 2 is 0.772 bits per heavy atom. The van der Waals surface area contributed by atoms with Gasteiger partial charge in [-0.15, -0.1) is 0 Å². The summed E-state index contributed by atoms with van der Waals surface area (Å²) in [5, 5.41) is 22.7. The maximum absolute atomic E-state index is 13.9. The molecule has 79 heavy (non-hydrogen) atoms. The van der Waals surface area contributed by atoms with E-state index in [-0.39, 0.29) is 141 Å². The van der Waals surface area contributed by atoms with Crippen molar-refractivity contribution in [1.29, 1.82) is 0 Å². The molecule has 1 aliphatic rings. The number of carbonyl (C=O) groups excluding carboxylic acids is 4. The van der Waals surface area contributed by atoms with Crippen molar-refractivity contribution in [2.75, 3.05) is 190 Å². The molecule has 2 aromatic carbocycles. The van der Waals surface area contributed by atoms with Crippen molar-refractivity contribution >= 4 is 41.3 Å². The van der Waals surface area contributed by atoms with Crippen LogP contribution in [-0.4, -0.2) is 235 Å². The van der Waals surface area contributed by atoms with Gasteiger partial charge in [-0.3, -0.25) is 28.8 Å². The van der Waals surface area contributed by atoms with Crippen LogP contribution in [-0.2, 0) is 92.2 Å². The van der Waals surface area contributed by atoms with E-state index in [1.807, 2.05) is 48.5 Å². The Balaban J connectivity index is 1.28. The van der Waals surface area contributed by atoms with Crippen molar-refractivity contribution in [1.82, 2.24) is 15.5 Å². The number of nitrogens with zero attached hydrogens (tertiary/aromatic N) is 2. The SMILES string of the molecule is O=C(O)CCOCCOCCOCCOCCNC(=O)CCOCCOCCN(CCOCCOCCC(=O)NCCOCCOCCOCCOCCC(=O)O)C(=O)CCC(=O)N1Cc2ccccc2C#Cc2ccccc21. The second-order valence-corrected chi connectivity index (χ2v) is 17.1. The lowest BCUT2D eigenvalue weighted by Gasteiger charge is -2.27. The number of anilines is 1. The van der Waals surface area contributed by atoms with Crippen LogP contribution < -0.4 is 15.5 Å². The van der Waals surface area contributed by atoms with Crippen LogP contribution in [0.5, 0.6) is 0 Å². The zero-order chi connectivity index (χ0) is 56.6. The third-order valence-electron chi connectivity index (χ3n) is 11.1. The van der Waals surface area contributed by atoms with E-state index >= 15 is 0 Å². The standard InChI is InChI=1S/C55H82N4O20/c60-50(56-17-25-72-33-39-78-43-41-76-37-31-70-23-15-54(64)65)13-21-68-29-35-74-27-19-58(52(62)11-12-53(63)59-45-48-7-2-1-5-46(48)9-10-47-6-3-4-8-49(47)59)20-28-75-36-30-69-22-14-51(61)57-18-26-73-34-40-79-44-42-77-38-32-71-24-16-55(66)67/h1-8H,11-45H2,(H,56,60)(H,57,61)(H,64,65)(H,66,67). The van der Waals surface area contributed by atoms with Crippen LogP contribution in [0.3, 0.4) is 0 Å². The van der Waals surface area contributed by atoms with Crippen molar-refractivity contribution in [3.8, 4) is 11.8 Å². The molecule has 0 saturated carbocycles. The molecular weight excluding hydrogens is 1040 g/mol. The van der Waals surface area contributed by atoms with Gasteiger partial charge >= 0.3 is 11.9 Å². The third kappa shape index (κ3) is 35.5. The van der Waals surface area contributed by atoms with E-state index in [4.69, 9.17) is 67.1 Å². The van der Waals surface area contributed by atoms with E-state index in [9.17, 15) is 28.8 Å². The molecule has 0 aliphatic carbocycles. The largest absolute Gasteiger partial charge is 0.481 e. The van der Waals surface area contributed by atoms with Crippen LogP contribution in [0.1, 0.15) is 55.2 Å². The molecule has 0 bridgehead atoms. The number of carboxylic acids is 2. The number of rotatable bonds is 51. The molecule has 4 N–H and O–H groups in total. The van der Waals surface area contributed by atoms with E-state index in [0.29, 0.717) is 118 Å². The van der Waals surface area contributed by atoms with E-state index in [1.54, 1.807) is 9.80 Å². The summed E-state index contributed by atoms with van der Waals surface area (Å²) in [5.74, 6) is 3.79. The first kappa shape index (κ1) is 67.6. The number of carboxylic acid groups (broad SMARTS) is 2. The van der Waals surface area contributed by atoms with E-state index < -0.39 is 11.9 Å². The van der Waals surface area contributed by atoms with E-state index in [2.05, 4.69) is 22.5 Å². The molecule has 0 fully saturated rings. The first-order valence-corrected chi connectivity index (χ1v) is 26.8. The minimum absolute atomic E-state index is 0.0284. The second kappa shape index (κ2) is 46.1. The Hall–Kier alpha value is -5.66. The Morgan fingerprint density at radius 1 is 0.418 bits per heavy atom. The van der Waals surface area contributed by atoms with Crippen LogP contribution in [0.4, 0.5) is 5.69 Å². The third-order valence-corrected chi connectivity index (χ3v) is 11.1. The lowest BCUT2D eigenvalue weighted by Crippen LogP contribution is -2.38. The highest BCUT2D eigenvalue weighted by Crippen LogP contribution is 2.26. The molecule has 0 atom stereocenters. The first-order chi connectivity index (χ1) is 38.6. The molecule has 24 heteroatoms. The van der Waals surface area contributed by atoms with E-state index in [0.717, 1.165) is 16.7 Å². The van der Waals surface area contributed by atoms with Gasteiger partial charge < -0.3 is 87.5 Å². The van der Waals surface area contributed by atoms with Crippen molar-refractivity contribution in [3.05, 3.63) is 65.2 Å². The zero-order valence-electron chi connectivity index (χ0n) is 45.5. The number of fused-ring (bicyclic) bond motifs is 2. The van der Waals surface area contributed by atoms with Gasteiger partial charge in [0, 0.05) is 63.0 Å². The topological polar surface area (TPSA) is 284 Å². The molecule has 1 aliphatic heterocycles. The van der Waals surface area contributed by atoms with Gasteiger partial charge in [0.1, 0.15) is 0 Å². The van der Waals surface area contributed by atoms with Crippen molar-refractivity contribution < 1.29 is 95.8 Å². The van der Waals surface area contributed by atoms with Crippen LogP contribution >= 0.6 is 0 Å². The summed E-state index contributed by atoms with van der Waals surface area (Å²) in [7, 11) is 0. The van der Waals surface area contributed by atoms with Crippen LogP contribution in [0.15, 0.2) is 48.5 Å². The molecule has 1 heterocycles. The minimum Gasteiger partial charge on any atom is -0.481 e. The average molecular weight is 1120 g/mol. The normalized spacial score (nSPS) is 11.7. The quantitative estimate of drug-likeness (QED) is 0.0542. The maximum atomic E-state index is 13.9. The van der Waals surface area contributed by atoms with Crippen molar-refractivity contribution in [2.45, 2.75) is 45.1 Å². The van der Waals surface area contributed by atoms with Gasteiger partial charge in [-0.25, -0.2) is 0 Å². The number of carbonyl (C=O) groups is 6. The number of amides is 4. The highest BCUT2D eigenvalue weighted by atomic mass is 16.6. The van der Waals surface area contributed by atoms with Crippen LogP contribution in [0, 0.1) is 11.8 Å². The average Bonchev–Trinajstić information content (AvgIpc) is 3.49. The van der Waals surface area contributed by atoms with Gasteiger partial charge in [0.2, 0.25) is 23.6 Å². The number of aliphatic carboxylic acids is 2. The summed E-state index contributed by atoms with van der Waals surface area (Å²) in [6, 6.07) is 15.2. The Labute approximate surface area is 463 Å². The number of ether oxygens (including phenoxy) is 12. The molecule has 0 radical (unpaired) electrons. The monoisotopic (exact) mass is 1120 g/mol. The fraction of sp³-hybridized carbons (Fsp3) is 0.636. The second-order valence-electron chi connectivity index (χ2n) is 17.1. The number of para-hydroxylation sites is 1. The lowest BCUT2D eigenvalue weighted by atomic mass is 10.0. The summed E-state index contributed by atoms with van der Waals surface area (Å²) >= 11 is 0. The molecular formula is C55H82N4O20. The summed E-state index contributed by atoms with van der Waals surface area (Å²) in [6.45, 7) is 8.42. The molecule has 24 nitrogen and oxygen atoms in total. The summed E-state index contributed by atoms with van der Waals surface area (Å²) in [5.41, 5.74) is 3.16. The lowest BCUT2D eigenvalue weighted by molar-refractivity contribution is -0.139. The van der Waals surface area contributed by atoms with Crippen molar-refractivity contribution in [3.63, 3.8) is 0 Å².